The van der Waals surface area contributed by atoms with Gasteiger partial charge in [-0.3, -0.25) is 9.59 Å². The Labute approximate surface area is 183 Å². The van der Waals surface area contributed by atoms with Gasteiger partial charge in [0.25, 0.3) is 0 Å². The van der Waals surface area contributed by atoms with Gasteiger partial charge in [-0.1, -0.05) is 48.5 Å². The van der Waals surface area contributed by atoms with E-state index in [1.54, 1.807) is 11.8 Å². The van der Waals surface area contributed by atoms with E-state index in [-0.39, 0.29) is 12.3 Å². The predicted octanol–water partition coefficient (Wildman–Crippen LogP) is 3.11. The molecule has 31 heavy (non-hydrogen) atoms. The first kappa shape index (κ1) is 21.4. The Kier molecular flexibility index (Phi) is 5.75. The van der Waals surface area contributed by atoms with Crippen LogP contribution in [0.5, 0.6) is 0 Å². The summed E-state index contributed by atoms with van der Waals surface area (Å²) >= 11 is 0. The lowest BCUT2D eigenvalue weighted by atomic mass is 9.60. The summed E-state index contributed by atoms with van der Waals surface area (Å²) < 4.78 is 0. The SMILES string of the molecule is C[C@]1(C(=O)O)CC(O)(c2ccccc2)CC[C@@H]1C(=O)N1CCN(c2ccccc2)CC1. The Morgan fingerprint density at radius 2 is 1.52 bits per heavy atom. The van der Waals surface area contributed by atoms with Crippen molar-refractivity contribution in [2.45, 2.75) is 31.8 Å². The molecule has 2 N–H and O–H groups in total. The number of nitrogens with zero attached hydrogens (tertiary/aromatic N) is 2. The summed E-state index contributed by atoms with van der Waals surface area (Å²) in [5.41, 5.74) is -0.714. The average Bonchev–Trinajstić information content (AvgIpc) is 2.80. The van der Waals surface area contributed by atoms with Crippen LogP contribution in [-0.4, -0.2) is 53.2 Å². The molecule has 2 fully saturated rings. The van der Waals surface area contributed by atoms with E-state index < -0.39 is 22.9 Å². The Morgan fingerprint density at radius 1 is 0.935 bits per heavy atom. The third-order valence-corrected chi connectivity index (χ3v) is 7.09. The lowest BCUT2D eigenvalue weighted by Gasteiger charge is -2.47. The fraction of sp³-hybridized carbons (Fsp3) is 0.440. The number of anilines is 1. The molecule has 2 aromatic rings. The second kappa shape index (κ2) is 8.35. The van der Waals surface area contributed by atoms with Gasteiger partial charge in [0.15, 0.2) is 0 Å². The van der Waals surface area contributed by atoms with Crippen LogP contribution in [0.25, 0.3) is 0 Å². The molecule has 3 atom stereocenters. The van der Waals surface area contributed by atoms with Crippen LogP contribution in [0, 0.1) is 11.3 Å². The molecule has 1 aliphatic carbocycles. The van der Waals surface area contributed by atoms with Crippen LogP contribution < -0.4 is 4.90 Å². The maximum absolute atomic E-state index is 13.4. The van der Waals surface area contributed by atoms with Crippen LogP contribution in [0.3, 0.4) is 0 Å². The lowest BCUT2D eigenvalue weighted by Crippen LogP contribution is -2.56. The van der Waals surface area contributed by atoms with Gasteiger partial charge in [0, 0.05) is 31.9 Å². The first-order valence-electron chi connectivity index (χ1n) is 10.9. The number of para-hydroxylation sites is 1. The highest BCUT2D eigenvalue weighted by molar-refractivity contribution is 5.87. The van der Waals surface area contributed by atoms with Crippen molar-refractivity contribution in [2.24, 2.45) is 11.3 Å². The van der Waals surface area contributed by atoms with E-state index in [9.17, 15) is 19.8 Å². The molecule has 6 heteroatoms. The van der Waals surface area contributed by atoms with Crippen molar-refractivity contribution in [2.75, 3.05) is 31.1 Å². The Bertz CT molecular complexity index is 927. The molecule has 4 rings (SSSR count). The molecule has 1 amide bonds. The largest absolute Gasteiger partial charge is 0.481 e. The normalized spacial score (nSPS) is 28.9. The summed E-state index contributed by atoms with van der Waals surface area (Å²) in [5.74, 6) is -1.77. The number of carboxylic acid groups (broad SMARTS) is 1. The molecule has 1 aliphatic heterocycles. The number of piperazine rings is 1. The fourth-order valence-electron chi connectivity index (χ4n) is 5.18. The monoisotopic (exact) mass is 422 g/mol. The van der Waals surface area contributed by atoms with Gasteiger partial charge >= 0.3 is 5.97 Å². The zero-order valence-electron chi connectivity index (χ0n) is 17.9. The topological polar surface area (TPSA) is 81.1 Å². The highest BCUT2D eigenvalue weighted by Crippen LogP contribution is 2.50. The quantitative estimate of drug-likeness (QED) is 0.791. The van der Waals surface area contributed by atoms with Crippen LogP contribution in [0.15, 0.2) is 60.7 Å². The van der Waals surface area contributed by atoms with Gasteiger partial charge < -0.3 is 20.0 Å². The number of carbonyl (C=O) groups excluding carboxylic acids is 1. The maximum Gasteiger partial charge on any atom is 0.310 e. The maximum atomic E-state index is 13.4. The van der Waals surface area contributed by atoms with E-state index in [1.807, 2.05) is 48.5 Å². The number of hydrogen-bond acceptors (Lipinski definition) is 4. The third-order valence-electron chi connectivity index (χ3n) is 7.09. The third kappa shape index (κ3) is 4.04. The Hall–Kier alpha value is -2.86. The highest BCUT2D eigenvalue weighted by Gasteiger charge is 2.55. The Balaban J connectivity index is 1.49. The van der Waals surface area contributed by atoms with Gasteiger partial charge in [-0.05, 0) is 43.9 Å². The molecule has 2 aliphatic rings. The van der Waals surface area contributed by atoms with E-state index in [2.05, 4.69) is 17.0 Å². The number of aliphatic carboxylic acids is 1. The fourth-order valence-corrected chi connectivity index (χ4v) is 5.18. The molecule has 0 radical (unpaired) electrons. The van der Waals surface area contributed by atoms with Crippen molar-refractivity contribution in [1.29, 1.82) is 0 Å². The number of rotatable bonds is 4. The van der Waals surface area contributed by atoms with Gasteiger partial charge in [0.05, 0.1) is 16.9 Å². The van der Waals surface area contributed by atoms with Crippen LogP contribution in [0.1, 0.15) is 31.7 Å². The van der Waals surface area contributed by atoms with E-state index in [0.717, 1.165) is 18.8 Å². The minimum Gasteiger partial charge on any atom is -0.481 e. The van der Waals surface area contributed by atoms with Crippen LogP contribution >= 0.6 is 0 Å². The summed E-state index contributed by atoms with van der Waals surface area (Å²) in [6, 6.07) is 19.3. The standard InChI is InChI=1S/C25H30N2O4/c1-24(23(29)30)18-25(31,19-8-4-2-5-9-19)13-12-21(24)22(28)27-16-14-26(15-17-27)20-10-6-3-7-11-20/h2-11,21,31H,12-18H2,1H3,(H,29,30)/t21-,24+,25?/m1/s1. The van der Waals surface area contributed by atoms with Gasteiger partial charge in [0.1, 0.15) is 0 Å². The zero-order valence-corrected chi connectivity index (χ0v) is 17.9. The van der Waals surface area contributed by atoms with Gasteiger partial charge in [0.2, 0.25) is 5.91 Å². The van der Waals surface area contributed by atoms with E-state index in [0.29, 0.717) is 31.5 Å². The molecule has 1 heterocycles. The molecule has 6 nitrogen and oxygen atoms in total. The molecule has 0 spiro atoms. The van der Waals surface area contributed by atoms with Gasteiger partial charge in [-0.25, -0.2) is 0 Å². The van der Waals surface area contributed by atoms with E-state index in [1.165, 1.54) is 0 Å². The van der Waals surface area contributed by atoms with Crippen molar-refractivity contribution >= 4 is 17.6 Å². The number of hydrogen-bond donors (Lipinski definition) is 2. The van der Waals surface area contributed by atoms with Crippen molar-refractivity contribution < 1.29 is 19.8 Å². The molecule has 164 valence electrons. The van der Waals surface area contributed by atoms with Crippen LogP contribution in [0.4, 0.5) is 5.69 Å². The molecular formula is C25H30N2O4. The second-order valence-corrected chi connectivity index (χ2v) is 9.04. The van der Waals surface area contributed by atoms with Crippen molar-refractivity contribution in [3.05, 3.63) is 66.2 Å². The molecule has 1 unspecified atom stereocenters. The molecule has 0 aromatic heterocycles. The van der Waals surface area contributed by atoms with Crippen LogP contribution in [0.2, 0.25) is 0 Å². The predicted molar refractivity (Wildman–Crippen MR) is 119 cm³/mol. The first-order chi connectivity index (χ1) is 14.8. The molecular weight excluding hydrogens is 392 g/mol. The number of amides is 1. The smallest absolute Gasteiger partial charge is 0.310 e. The zero-order chi connectivity index (χ0) is 22.1. The van der Waals surface area contributed by atoms with Gasteiger partial charge in [-0.15, -0.1) is 0 Å². The minimum absolute atomic E-state index is 0.0275. The van der Waals surface area contributed by atoms with Gasteiger partial charge in [-0.2, -0.15) is 0 Å². The second-order valence-electron chi connectivity index (χ2n) is 9.04. The lowest BCUT2D eigenvalue weighted by molar-refractivity contribution is -0.172. The number of benzene rings is 2. The van der Waals surface area contributed by atoms with E-state index in [4.69, 9.17) is 0 Å². The molecule has 1 saturated carbocycles. The van der Waals surface area contributed by atoms with E-state index >= 15 is 0 Å². The number of carboxylic acids is 1. The summed E-state index contributed by atoms with van der Waals surface area (Å²) in [7, 11) is 0. The highest BCUT2D eigenvalue weighted by atomic mass is 16.4. The average molecular weight is 423 g/mol. The van der Waals surface area contributed by atoms with Crippen LogP contribution in [-0.2, 0) is 15.2 Å². The summed E-state index contributed by atoms with van der Waals surface area (Å²) in [5, 5.41) is 21.4. The summed E-state index contributed by atoms with van der Waals surface area (Å²) in [4.78, 5) is 29.8. The van der Waals surface area contributed by atoms with Crippen molar-refractivity contribution in [3.8, 4) is 0 Å². The molecule has 2 aromatic carbocycles. The minimum atomic E-state index is -1.32. The summed E-state index contributed by atoms with van der Waals surface area (Å²) in [6.45, 7) is 4.21. The Morgan fingerprint density at radius 3 is 2.10 bits per heavy atom. The van der Waals surface area contributed by atoms with Crippen molar-refractivity contribution in [1.82, 2.24) is 4.90 Å². The number of aliphatic hydroxyl groups is 1. The number of carbonyl (C=O) groups is 2. The summed E-state index contributed by atoms with van der Waals surface area (Å²) in [6.07, 6.45) is 0.756. The molecule has 1 saturated heterocycles. The first-order valence-corrected chi connectivity index (χ1v) is 10.9. The van der Waals surface area contributed by atoms with Crippen molar-refractivity contribution in [3.63, 3.8) is 0 Å². The molecule has 0 bridgehead atoms.